The Labute approximate surface area is 202 Å². The number of anilines is 1. The summed E-state index contributed by atoms with van der Waals surface area (Å²) in [5, 5.41) is 2.83. The van der Waals surface area contributed by atoms with Crippen LogP contribution in [0.4, 0.5) is 5.69 Å². The van der Waals surface area contributed by atoms with E-state index < -0.39 is 10.0 Å². The SMILES string of the molecule is CCc1ccc(C(=O)N2CCN(CC(=O)Nc3ccc(S(=O)(=O)N(CC)CC)cc3)CC2)cc1. The van der Waals surface area contributed by atoms with Crippen molar-refractivity contribution >= 4 is 27.5 Å². The van der Waals surface area contributed by atoms with Crippen LogP contribution >= 0.6 is 0 Å². The van der Waals surface area contributed by atoms with Crippen molar-refractivity contribution in [2.45, 2.75) is 32.1 Å². The molecule has 1 aliphatic heterocycles. The van der Waals surface area contributed by atoms with E-state index in [4.69, 9.17) is 0 Å². The van der Waals surface area contributed by atoms with Gasteiger partial charge in [0.05, 0.1) is 11.4 Å². The average Bonchev–Trinajstić information content (AvgIpc) is 2.85. The number of piperazine rings is 1. The summed E-state index contributed by atoms with van der Waals surface area (Å²) in [7, 11) is -3.52. The van der Waals surface area contributed by atoms with Crippen molar-refractivity contribution in [3.05, 3.63) is 59.7 Å². The molecule has 8 nitrogen and oxygen atoms in total. The molecule has 0 radical (unpaired) electrons. The predicted octanol–water partition coefficient (Wildman–Crippen LogP) is 2.68. The molecule has 1 N–H and O–H groups in total. The third-order valence-corrected chi connectivity index (χ3v) is 8.18. The first-order valence-corrected chi connectivity index (χ1v) is 13.2. The first-order valence-electron chi connectivity index (χ1n) is 11.8. The second-order valence-electron chi connectivity index (χ2n) is 8.28. The van der Waals surface area contributed by atoms with Crippen LogP contribution in [-0.4, -0.2) is 80.2 Å². The summed E-state index contributed by atoms with van der Waals surface area (Å²) in [5.74, 6) is -0.152. The Kier molecular flexibility index (Phi) is 8.82. The molecule has 1 heterocycles. The van der Waals surface area contributed by atoms with Crippen molar-refractivity contribution in [1.29, 1.82) is 0 Å². The zero-order chi connectivity index (χ0) is 24.7. The van der Waals surface area contributed by atoms with Crippen LogP contribution in [-0.2, 0) is 21.2 Å². The van der Waals surface area contributed by atoms with Gasteiger partial charge in [-0.15, -0.1) is 0 Å². The maximum absolute atomic E-state index is 12.7. The van der Waals surface area contributed by atoms with Gasteiger partial charge in [-0.3, -0.25) is 14.5 Å². The molecular formula is C25H34N4O4S. The fourth-order valence-corrected chi connectivity index (χ4v) is 5.46. The van der Waals surface area contributed by atoms with Crippen LogP contribution in [0.1, 0.15) is 36.7 Å². The lowest BCUT2D eigenvalue weighted by molar-refractivity contribution is -0.117. The number of aryl methyl sites for hydroxylation is 1. The fraction of sp³-hybridized carbons (Fsp3) is 0.440. The van der Waals surface area contributed by atoms with Crippen LogP contribution in [0.2, 0.25) is 0 Å². The van der Waals surface area contributed by atoms with Gasteiger partial charge in [-0.05, 0) is 48.4 Å². The van der Waals surface area contributed by atoms with Crippen molar-refractivity contribution in [3.63, 3.8) is 0 Å². The van der Waals surface area contributed by atoms with E-state index in [9.17, 15) is 18.0 Å². The minimum absolute atomic E-state index is 0.0199. The van der Waals surface area contributed by atoms with Gasteiger partial charge in [-0.1, -0.05) is 32.9 Å². The van der Waals surface area contributed by atoms with E-state index in [0.29, 0.717) is 50.5 Å². The zero-order valence-electron chi connectivity index (χ0n) is 20.2. The summed E-state index contributed by atoms with van der Waals surface area (Å²) in [6, 6.07) is 14.0. The maximum Gasteiger partial charge on any atom is 0.253 e. The van der Waals surface area contributed by atoms with Gasteiger partial charge >= 0.3 is 0 Å². The summed E-state index contributed by atoms with van der Waals surface area (Å²) in [4.78, 5) is 29.3. The minimum Gasteiger partial charge on any atom is -0.336 e. The topological polar surface area (TPSA) is 90.0 Å². The Morgan fingerprint density at radius 3 is 2.00 bits per heavy atom. The largest absolute Gasteiger partial charge is 0.336 e. The molecule has 0 bridgehead atoms. The highest BCUT2D eigenvalue weighted by molar-refractivity contribution is 7.89. The quantitative estimate of drug-likeness (QED) is 0.589. The van der Waals surface area contributed by atoms with E-state index in [1.54, 1.807) is 26.0 Å². The number of rotatable bonds is 9. The van der Waals surface area contributed by atoms with Crippen molar-refractivity contribution < 1.29 is 18.0 Å². The first-order chi connectivity index (χ1) is 16.3. The summed E-state index contributed by atoms with van der Waals surface area (Å²) in [5.41, 5.74) is 2.44. The molecule has 0 aromatic heterocycles. The van der Waals surface area contributed by atoms with Gasteiger partial charge in [0.1, 0.15) is 0 Å². The zero-order valence-corrected chi connectivity index (χ0v) is 21.0. The number of amides is 2. The summed E-state index contributed by atoms with van der Waals surface area (Å²) < 4.78 is 26.6. The molecule has 184 valence electrons. The molecule has 0 atom stereocenters. The molecule has 34 heavy (non-hydrogen) atoms. The second-order valence-corrected chi connectivity index (χ2v) is 10.2. The van der Waals surface area contributed by atoms with Crippen LogP contribution in [0.5, 0.6) is 0 Å². The number of carbonyl (C=O) groups excluding carboxylic acids is 2. The lowest BCUT2D eigenvalue weighted by Gasteiger charge is -2.34. The number of benzene rings is 2. The number of hydrogen-bond acceptors (Lipinski definition) is 5. The highest BCUT2D eigenvalue weighted by Gasteiger charge is 2.24. The molecule has 0 spiro atoms. The summed E-state index contributed by atoms with van der Waals surface area (Å²) in [6.45, 7) is 9.08. The van der Waals surface area contributed by atoms with Crippen LogP contribution in [0, 0.1) is 0 Å². The van der Waals surface area contributed by atoms with E-state index in [1.807, 2.05) is 34.1 Å². The van der Waals surface area contributed by atoms with Crippen molar-refractivity contribution in [2.75, 3.05) is 51.1 Å². The third-order valence-electron chi connectivity index (χ3n) is 6.12. The first kappa shape index (κ1) is 25.9. The third kappa shape index (κ3) is 6.22. The van der Waals surface area contributed by atoms with Crippen molar-refractivity contribution in [2.24, 2.45) is 0 Å². The van der Waals surface area contributed by atoms with Gasteiger partial charge < -0.3 is 10.2 Å². The van der Waals surface area contributed by atoms with E-state index >= 15 is 0 Å². The second kappa shape index (κ2) is 11.6. The van der Waals surface area contributed by atoms with Crippen LogP contribution in [0.15, 0.2) is 53.4 Å². The van der Waals surface area contributed by atoms with E-state index in [2.05, 4.69) is 12.2 Å². The number of hydrogen-bond donors (Lipinski definition) is 1. The van der Waals surface area contributed by atoms with Gasteiger partial charge in [0, 0.05) is 50.5 Å². The summed E-state index contributed by atoms with van der Waals surface area (Å²) >= 11 is 0. The van der Waals surface area contributed by atoms with Crippen molar-refractivity contribution in [1.82, 2.24) is 14.1 Å². The Morgan fingerprint density at radius 1 is 0.882 bits per heavy atom. The number of sulfonamides is 1. The molecule has 0 unspecified atom stereocenters. The molecule has 0 saturated carbocycles. The summed E-state index contributed by atoms with van der Waals surface area (Å²) in [6.07, 6.45) is 0.939. The van der Waals surface area contributed by atoms with Gasteiger partial charge in [-0.25, -0.2) is 8.42 Å². The Hall–Kier alpha value is -2.75. The van der Waals surface area contributed by atoms with Crippen LogP contribution < -0.4 is 5.32 Å². The molecule has 2 amide bonds. The monoisotopic (exact) mass is 486 g/mol. The van der Waals surface area contributed by atoms with E-state index in [0.717, 1.165) is 6.42 Å². The molecule has 3 rings (SSSR count). The normalized spacial score (nSPS) is 14.9. The van der Waals surface area contributed by atoms with Crippen LogP contribution in [0.3, 0.4) is 0 Å². The lowest BCUT2D eigenvalue weighted by atomic mass is 10.1. The Balaban J connectivity index is 1.49. The average molecular weight is 487 g/mol. The van der Waals surface area contributed by atoms with Gasteiger partial charge in [0.15, 0.2) is 0 Å². The maximum atomic E-state index is 12.7. The van der Waals surface area contributed by atoms with E-state index in [-0.39, 0.29) is 23.3 Å². The molecule has 1 saturated heterocycles. The molecule has 2 aromatic rings. The van der Waals surface area contributed by atoms with Gasteiger partial charge in [-0.2, -0.15) is 4.31 Å². The Bertz CT molecular complexity index is 1070. The molecular weight excluding hydrogens is 452 g/mol. The molecule has 0 aliphatic carbocycles. The molecule has 1 fully saturated rings. The minimum atomic E-state index is -3.52. The molecule has 1 aliphatic rings. The Morgan fingerprint density at radius 2 is 1.47 bits per heavy atom. The smallest absolute Gasteiger partial charge is 0.253 e. The fourth-order valence-electron chi connectivity index (χ4n) is 4.00. The highest BCUT2D eigenvalue weighted by Crippen LogP contribution is 2.18. The van der Waals surface area contributed by atoms with Gasteiger partial charge in [0.25, 0.3) is 5.91 Å². The standard InChI is InChI=1S/C25H34N4O4S/c1-4-20-7-9-21(10-8-20)25(31)28-17-15-27(16-18-28)19-24(30)26-22-11-13-23(14-12-22)34(32,33)29(5-2)6-3/h7-14H,4-6,15-19H2,1-3H3,(H,26,30). The van der Waals surface area contributed by atoms with E-state index in [1.165, 1.54) is 22.0 Å². The molecule has 2 aromatic carbocycles. The number of carbonyl (C=O) groups is 2. The number of nitrogens with zero attached hydrogens (tertiary/aromatic N) is 3. The number of nitrogens with one attached hydrogen (secondary N) is 1. The lowest BCUT2D eigenvalue weighted by Crippen LogP contribution is -2.50. The molecule has 9 heteroatoms. The van der Waals surface area contributed by atoms with Crippen molar-refractivity contribution in [3.8, 4) is 0 Å². The van der Waals surface area contributed by atoms with Gasteiger partial charge in [0.2, 0.25) is 15.9 Å². The highest BCUT2D eigenvalue weighted by atomic mass is 32.2. The van der Waals surface area contributed by atoms with Crippen LogP contribution in [0.25, 0.3) is 0 Å². The predicted molar refractivity (Wildman–Crippen MR) is 133 cm³/mol.